The third-order valence-corrected chi connectivity index (χ3v) is 7.83. The van der Waals surface area contributed by atoms with Crippen LogP contribution in [0.2, 0.25) is 5.02 Å². The van der Waals surface area contributed by atoms with Crippen molar-refractivity contribution in [2.75, 3.05) is 0 Å². The van der Waals surface area contributed by atoms with Crippen LogP contribution in [0.3, 0.4) is 0 Å². The summed E-state index contributed by atoms with van der Waals surface area (Å²) in [6.07, 6.45) is 3.59. The summed E-state index contributed by atoms with van der Waals surface area (Å²) in [7, 11) is 0. The first-order valence-corrected chi connectivity index (χ1v) is 14.4. The van der Waals surface area contributed by atoms with E-state index < -0.39 is 23.4 Å². The number of rotatable bonds is 10. The van der Waals surface area contributed by atoms with Crippen molar-refractivity contribution in [3.05, 3.63) is 136 Å². The summed E-state index contributed by atoms with van der Waals surface area (Å²) in [5.74, 6) is -2.31. The molecule has 0 bridgehead atoms. The molecule has 4 aromatic carbocycles. The van der Waals surface area contributed by atoms with E-state index in [0.29, 0.717) is 46.6 Å². The summed E-state index contributed by atoms with van der Waals surface area (Å²) in [6, 6.07) is 17.7. The van der Waals surface area contributed by atoms with Crippen molar-refractivity contribution in [3.8, 4) is 16.9 Å². The van der Waals surface area contributed by atoms with E-state index >= 15 is 4.39 Å². The van der Waals surface area contributed by atoms with E-state index in [4.69, 9.17) is 21.3 Å². The summed E-state index contributed by atoms with van der Waals surface area (Å²) in [4.78, 5) is 20.6. The van der Waals surface area contributed by atoms with Gasteiger partial charge >= 0.3 is 5.97 Å². The molecule has 0 saturated heterocycles. The van der Waals surface area contributed by atoms with Crippen molar-refractivity contribution < 1.29 is 27.8 Å². The molecule has 0 spiro atoms. The lowest BCUT2D eigenvalue weighted by Gasteiger charge is -2.13. The number of benzene rings is 4. The van der Waals surface area contributed by atoms with Crippen LogP contribution in [-0.4, -0.2) is 30.2 Å². The van der Waals surface area contributed by atoms with Crippen LogP contribution < -0.4 is 4.74 Å². The molecule has 6 rings (SSSR count). The predicted molar refractivity (Wildman–Crippen MR) is 164 cm³/mol. The van der Waals surface area contributed by atoms with Crippen LogP contribution in [0.5, 0.6) is 5.75 Å². The van der Waals surface area contributed by atoms with E-state index in [-0.39, 0.29) is 34.9 Å². The molecule has 0 unspecified atom stereocenters. The summed E-state index contributed by atoms with van der Waals surface area (Å²) < 4.78 is 53.7. The first-order chi connectivity index (χ1) is 21.7. The summed E-state index contributed by atoms with van der Waals surface area (Å²) in [6.45, 7) is 2.83. The van der Waals surface area contributed by atoms with Gasteiger partial charge in [0, 0.05) is 29.7 Å². The van der Waals surface area contributed by atoms with Crippen molar-refractivity contribution in [3.63, 3.8) is 0 Å². The van der Waals surface area contributed by atoms with Crippen molar-refractivity contribution in [1.82, 2.24) is 19.1 Å². The van der Waals surface area contributed by atoms with Gasteiger partial charge in [0.25, 0.3) is 0 Å². The van der Waals surface area contributed by atoms with Gasteiger partial charge in [-0.05, 0) is 72.1 Å². The third kappa shape index (κ3) is 6.28. The Labute approximate surface area is 261 Å². The van der Waals surface area contributed by atoms with Crippen LogP contribution in [0.1, 0.15) is 39.9 Å². The molecule has 0 amide bonds. The number of ether oxygens (including phenoxy) is 1. The van der Waals surface area contributed by atoms with E-state index in [1.54, 1.807) is 36.8 Å². The molecule has 0 aliphatic rings. The Morgan fingerprint density at radius 3 is 2.42 bits per heavy atom. The average Bonchev–Trinajstić information content (AvgIpc) is 3.62. The number of imidazole rings is 2. The maximum Gasteiger partial charge on any atom is 0.335 e. The monoisotopic (exact) mass is 630 g/mol. The van der Waals surface area contributed by atoms with Gasteiger partial charge < -0.3 is 19.0 Å². The molecule has 0 fully saturated rings. The van der Waals surface area contributed by atoms with Gasteiger partial charge in [-0.3, -0.25) is 0 Å². The van der Waals surface area contributed by atoms with Gasteiger partial charge in [-0.2, -0.15) is 0 Å². The first kappa shape index (κ1) is 30.0. The van der Waals surface area contributed by atoms with E-state index in [1.165, 1.54) is 42.5 Å². The minimum absolute atomic E-state index is 0.105. The van der Waals surface area contributed by atoms with E-state index in [0.717, 1.165) is 11.8 Å². The van der Waals surface area contributed by atoms with Crippen LogP contribution in [-0.2, 0) is 26.1 Å². The average molecular weight is 631 g/mol. The second kappa shape index (κ2) is 12.5. The van der Waals surface area contributed by atoms with Crippen molar-refractivity contribution in [1.29, 1.82) is 0 Å². The number of hydrogen-bond donors (Lipinski definition) is 1. The smallest absolute Gasteiger partial charge is 0.335 e. The molecule has 45 heavy (non-hydrogen) atoms. The van der Waals surface area contributed by atoms with Crippen LogP contribution in [0.15, 0.2) is 85.3 Å². The molecule has 2 aromatic heterocycles. The zero-order valence-corrected chi connectivity index (χ0v) is 24.7. The van der Waals surface area contributed by atoms with Crippen LogP contribution >= 0.6 is 11.6 Å². The molecule has 0 aliphatic carbocycles. The molecule has 228 valence electrons. The Kier molecular flexibility index (Phi) is 8.32. The fourth-order valence-electron chi connectivity index (χ4n) is 5.17. The Bertz CT molecular complexity index is 2060. The van der Waals surface area contributed by atoms with Gasteiger partial charge in [0.1, 0.15) is 24.1 Å². The van der Waals surface area contributed by atoms with Gasteiger partial charge in [0.05, 0.1) is 35.2 Å². The highest BCUT2D eigenvalue weighted by atomic mass is 35.5. The summed E-state index contributed by atoms with van der Waals surface area (Å²) >= 11 is 5.80. The van der Waals surface area contributed by atoms with E-state index in [1.807, 2.05) is 16.1 Å². The topological polar surface area (TPSA) is 82.2 Å². The molecular weight excluding hydrogens is 605 g/mol. The number of carbonyl (C=O) groups is 1. The van der Waals surface area contributed by atoms with Gasteiger partial charge in [-0.25, -0.2) is 27.9 Å². The molecule has 0 aliphatic heterocycles. The Morgan fingerprint density at radius 1 is 0.911 bits per heavy atom. The molecule has 2 heterocycles. The first-order valence-electron chi connectivity index (χ1n) is 14.1. The molecule has 6 aromatic rings. The zero-order chi connectivity index (χ0) is 31.7. The minimum atomic E-state index is -1.06. The van der Waals surface area contributed by atoms with Crippen LogP contribution in [0.25, 0.3) is 22.2 Å². The lowest BCUT2D eigenvalue weighted by molar-refractivity contribution is 0.0697. The highest BCUT2D eigenvalue weighted by molar-refractivity contribution is 6.30. The number of fused-ring (bicyclic) bond motifs is 1. The Morgan fingerprint density at radius 2 is 1.67 bits per heavy atom. The quantitative estimate of drug-likeness (QED) is 0.166. The number of aromatic carboxylic acids is 1. The molecule has 0 atom stereocenters. The molecule has 11 heteroatoms. The zero-order valence-electron chi connectivity index (χ0n) is 24.0. The number of hydrogen-bond acceptors (Lipinski definition) is 4. The Hall–Kier alpha value is -5.09. The van der Waals surface area contributed by atoms with Gasteiger partial charge in [0.15, 0.2) is 11.6 Å². The minimum Gasteiger partial charge on any atom is -0.486 e. The van der Waals surface area contributed by atoms with Gasteiger partial charge in [-0.15, -0.1) is 0 Å². The van der Waals surface area contributed by atoms with Crippen LogP contribution in [0.4, 0.5) is 13.2 Å². The van der Waals surface area contributed by atoms with Gasteiger partial charge in [-0.1, -0.05) is 35.9 Å². The normalized spacial score (nSPS) is 11.3. The molecule has 0 radical (unpaired) electrons. The highest BCUT2D eigenvalue weighted by Gasteiger charge is 2.18. The van der Waals surface area contributed by atoms with E-state index in [2.05, 4.69) is 4.98 Å². The standard InChI is InChI=1S/C34H26ClF3N4O3/c1-2-41-19-39-16-26(41)17-42-31-12-23(34(43)44)7-10-30(31)40-33(42)14-22-4-3-20(11-28(22)37)21-6-9-27(36)32(13-21)45-18-24-5-8-25(35)15-29(24)38/h3-13,15-16,19H,2,14,17-18H2,1H3,(H,43,44). The van der Waals surface area contributed by atoms with Crippen molar-refractivity contribution >= 4 is 28.6 Å². The molecule has 7 nitrogen and oxygen atoms in total. The molecule has 0 saturated carbocycles. The second-order valence-electron chi connectivity index (χ2n) is 10.4. The summed E-state index contributed by atoms with van der Waals surface area (Å²) in [5, 5.41) is 9.80. The Balaban J connectivity index is 1.29. The fourth-order valence-corrected chi connectivity index (χ4v) is 5.33. The number of carboxylic acids is 1. The number of carboxylic acid groups (broad SMARTS) is 1. The maximum atomic E-state index is 15.6. The fraction of sp³-hybridized carbons (Fsp3) is 0.147. The molecule has 1 N–H and O–H groups in total. The number of aryl methyl sites for hydroxylation is 1. The van der Waals surface area contributed by atoms with Crippen molar-refractivity contribution in [2.24, 2.45) is 0 Å². The summed E-state index contributed by atoms with van der Waals surface area (Å²) in [5.41, 5.74) is 3.80. The largest absolute Gasteiger partial charge is 0.486 e. The van der Waals surface area contributed by atoms with E-state index in [9.17, 15) is 18.7 Å². The third-order valence-electron chi connectivity index (χ3n) is 7.60. The molecular formula is C34H26ClF3N4O3. The van der Waals surface area contributed by atoms with Crippen LogP contribution in [0, 0.1) is 17.5 Å². The van der Waals surface area contributed by atoms with Gasteiger partial charge in [0.2, 0.25) is 0 Å². The second-order valence-corrected chi connectivity index (χ2v) is 10.9. The van der Waals surface area contributed by atoms with Crippen molar-refractivity contribution in [2.45, 2.75) is 33.0 Å². The number of halogens is 4. The number of nitrogens with zero attached hydrogens (tertiary/aromatic N) is 4. The highest BCUT2D eigenvalue weighted by Crippen LogP contribution is 2.30. The maximum absolute atomic E-state index is 15.6. The predicted octanol–water partition coefficient (Wildman–Crippen LogP) is 7.91. The lowest BCUT2D eigenvalue weighted by Crippen LogP contribution is -2.10. The lowest BCUT2D eigenvalue weighted by atomic mass is 10.0. The SMILES string of the molecule is CCn1cncc1Cn1c(Cc2ccc(-c3ccc(F)c(OCc4ccc(Cl)cc4F)c3)cc2F)nc2ccc(C(=O)O)cc21. The number of aromatic nitrogens is 4.